The van der Waals surface area contributed by atoms with Gasteiger partial charge in [0.25, 0.3) is 0 Å². The zero-order chi connectivity index (χ0) is 13.7. The predicted molar refractivity (Wildman–Crippen MR) is 79.1 cm³/mol. The van der Waals surface area contributed by atoms with Gasteiger partial charge < -0.3 is 14.5 Å². The van der Waals surface area contributed by atoms with Crippen LogP contribution in [0.4, 0.5) is 0 Å². The van der Waals surface area contributed by atoms with Crippen molar-refractivity contribution in [3.8, 4) is 0 Å². The number of halogens is 1. The Bertz CT molecular complexity index is 524. The van der Waals surface area contributed by atoms with Crippen molar-refractivity contribution in [1.29, 1.82) is 0 Å². The van der Waals surface area contributed by atoms with Crippen LogP contribution in [0.25, 0.3) is 0 Å². The first-order chi connectivity index (χ1) is 9.22. The molecule has 1 N–H and O–H groups in total. The quantitative estimate of drug-likeness (QED) is 0.880. The molecular weight excluding hydrogens is 306 g/mol. The second-order valence-electron chi connectivity index (χ2n) is 4.41. The van der Waals surface area contributed by atoms with Gasteiger partial charge in [-0.1, -0.05) is 28.1 Å². The van der Waals surface area contributed by atoms with Crippen LogP contribution in [0.15, 0.2) is 45.3 Å². The van der Waals surface area contributed by atoms with Crippen LogP contribution in [0, 0.1) is 0 Å². The van der Waals surface area contributed by atoms with Crippen molar-refractivity contribution in [3.63, 3.8) is 0 Å². The van der Waals surface area contributed by atoms with Crippen LogP contribution < -0.4 is 5.32 Å². The monoisotopic (exact) mass is 323 g/mol. The molecule has 1 aromatic heterocycles. The molecule has 1 atom stereocenters. The summed E-state index contributed by atoms with van der Waals surface area (Å²) in [5, 5.41) is 3.29. The van der Waals surface area contributed by atoms with E-state index in [4.69, 9.17) is 9.15 Å². The number of furan rings is 1. The Morgan fingerprint density at radius 2 is 2.16 bits per heavy atom. The fourth-order valence-corrected chi connectivity index (χ4v) is 2.49. The van der Waals surface area contributed by atoms with Crippen LogP contribution in [0.5, 0.6) is 0 Å². The van der Waals surface area contributed by atoms with Gasteiger partial charge in [0.1, 0.15) is 18.1 Å². The smallest absolute Gasteiger partial charge is 0.129 e. The molecule has 3 nitrogen and oxygen atoms in total. The molecule has 0 aliphatic heterocycles. The van der Waals surface area contributed by atoms with Crippen LogP contribution in [-0.4, -0.2) is 14.2 Å². The number of hydrogen-bond acceptors (Lipinski definition) is 3. The van der Waals surface area contributed by atoms with Crippen LogP contribution in [-0.2, 0) is 17.8 Å². The molecule has 1 aromatic carbocycles. The van der Waals surface area contributed by atoms with Crippen molar-refractivity contribution in [2.24, 2.45) is 0 Å². The summed E-state index contributed by atoms with van der Waals surface area (Å²) in [7, 11) is 3.61. The van der Waals surface area contributed by atoms with E-state index in [0.717, 1.165) is 22.4 Å². The predicted octanol–water partition coefficient (Wildman–Crippen LogP) is 3.69. The summed E-state index contributed by atoms with van der Waals surface area (Å²) in [4.78, 5) is 0. The zero-order valence-corrected chi connectivity index (χ0v) is 12.7. The van der Waals surface area contributed by atoms with Gasteiger partial charge in [-0.25, -0.2) is 0 Å². The van der Waals surface area contributed by atoms with Gasteiger partial charge >= 0.3 is 0 Å². The third kappa shape index (κ3) is 3.93. The molecule has 0 fully saturated rings. The second-order valence-corrected chi connectivity index (χ2v) is 5.33. The summed E-state index contributed by atoms with van der Waals surface area (Å²) in [6, 6.07) is 12.5. The Kier molecular flexibility index (Phi) is 5.19. The van der Waals surface area contributed by atoms with Crippen LogP contribution in [0.1, 0.15) is 23.1 Å². The Hall–Kier alpha value is -1.10. The van der Waals surface area contributed by atoms with Crippen LogP contribution in [0.2, 0.25) is 0 Å². The highest BCUT2D eigenvalue weighted by atomic mass is 79.9. The molecular formula is C15H18BrNO2. The van der Waals surface area contributed by atoms with Gasteiger partial charge in [-0.2, -0.15) is 0 Å². The number of ether oxygens (including phenoxy) is 1. The van der Waals surface area contributed by atoms with Gasteiger partial charge in [0.15, 0.2) is 0 Å². The maximum absolute atomic E-state index is 5.78. The van der Waals surface area contributed by atoms with E-state index in [1.54, 1.807) is 7.11 Å². The van der Waals surface area contributed by atoms with Crippen molar-refractivity contribution in [1.82, 2.24) is 5.32 Å². The summed E-state index contributed by atoms with van der Waals surface area (Å²) in [6.45, 7) is 0.507. The number of methoxy groups -OCH3 is 1. The molecule has 0 saturated heterocycles. The summed E-state index contributed by atoms with van der Waals surface area (Å²) >= 11 is 3.49. The summed E-state index contributed by atoms with van der Waals surface area (Å²) < 4.78 is 11.9. The number of rotatable bonds is 6. The summed E-state index contributed by atoms with van der Waals surface area (Å²) in [5.41, 5.74) is 1.26. The van der Waals surface area contributed by atoms with Gasteiger partial charge in [-0.3, -0.25) is 0 Å². The molecule has 2 rings (SSSR count). The van der Waals surface area contributed by atoms with Gasteiger partial charge in [-0.05, 0) is 43.3 Å². The highest BCUT2D eigenvalue weighted by molar-refractivity contribution is 9.10. The average Bonchev–Trinajstić information content (AvgIpc) is 2.85. The van der Waals surface area contributed by atoms with Crippen LogP contribution >= 0.6 is 15.9 Å². The number of likely N-dealkylation sites (N-methyl/N-ethyl adjacent to an activating group) is 1. The number of hydrogen-bond donors (Lipinski definition) is 1. The number of benzene rings is 1. The molecule has 0 saturated carbocycles. The van der Waals surface area contributed by atoms with Crippen molar-refractivity contribution >= 4 is 15.9 Å². The van der Waals surface area contributed by atoms with E-state index < -0.39 is 0 Å². The molecule has 0 radical (unpaired) electrons. The average molecular weight is 324 g/mol. The minimum atomic E-state index is 0.167. The maximum Gasteiger partial charge on any atom is 0.129 e. The lowest BCUT2D eigenvalue weighted by Crippen LogP contribution is -2.18. The molecule has 2 aromatic rings. The van der Waals surface area contributed by atoms with Gasteiger partial charge in [0, 0.05) is 11.6 Å². The van der Waals surface area contributed by atoms with E-state index in [-0.39, 0.29) is 6.04 Å². The zero-order valence-electron chi connectivity index (χ0n) is 11.2. The first-order valence-electron chi connectivity index (χ1n) is 6.22. The highest BCUT2D eigenvalue weighted by Gasteiger charge is 2.14. The Labute approximate surface area is 122 Å². The standard InChI is InChI=1S/C15H18BrNO2/c1-17-14(9-11-4-3-5-12(16)8-11)15-7-6-13(19-15)10-18-2/h3-8,14,17H,9-10H2,1-2H3. The molecule has 0 amide bonds. The molecule has 1 unspecified atom stereocenters. The lowest BCUT2D eigenvalue weighted by atomic mass is 10.0. The highest BCUT2D eigenvalue weighted by Crippen LogP contribution is 2.22. The first kappa shape index (κ1) is 14.3. The van der Waals surface area contributed by atoms with Gasteiger partial charge in [-0.15, -0.1) is 0 Å². The van der Waals surface area contributed by atoms with E-state index in [2.05, 4.69) is 33.4 Å². The van der Waals surface area contributed by atoms with E-state index in [0.29, 0.717) is 6.61 Å². The normalized spacial score (nSPS) is 12.6. The minimum Gasteiger partial charge on any atom is -0.462 e. The Morgan fingerprint density at radius 1 is 1.32 bits per heavy atom. The Morgan fingerprint density at radius 3 is 2.84 bits per heavy atom. The van der Waals surface area contributed by atoms with E-state index >= 15 is 0 Å². The first-order valence-corrected chi connectivity index (χ1v) is 7.01. The van der Waals surface area contributed by atoms with Gasteiger partial charge in [0.2, 0.25) is 0 Å². The topological polar surface area (TPSA) is 34.4 Å². The summed E-state index contributed by atoms with van der Waals surface area (Å²) in [5.74, 6) is 1.79. The van der Waals surface area contributed by atoms with Gasteiger partial charge in [0.05, 0.1) is 6.04 Å². The molecule has 19 heavy (non-hydrogen) atoms. The SMILES string of the molecule is CNC(Cc1cccc(Br)c1)c1ccc(COC)o1. The van der Waals surface area contributed by atoms with Crippen LogP contribution in [0.3, 0.4) is 0 Å². The lowest BCUT2D eigenvalue weighted by molar-refractivity contribution is 0.161. The summed E-state index contributed by atoms with van der Waals surface area (Å²) in [6.07, 6.45) is 0.885. The second kappa shape index (κ2) is 6.89. The molecule has 1 heterocycles. The third-order valence-corrected chi connectivity index (χ3v) is 3.48. The molecule has 0 aliphatic rings. The number of nitrogens with one attached hydrogen (secondary N) is 1. The van der Waals surface area contributed by atoms with E-state index in [9.17, 15) is 0 Å². The fourth-order valence-electron chi connectivity index (χ4n) is 2.05. The molecule has 102 valence electrons. The molecule has 0 bridgehead atoms. The largest absolute Gasteiger partial charge is 0.462 e. The fraction of sp³-hybridized carbons (Fsp3) is 0.333. The van der Waals surface area contributed by atoms with Crippen molar-refractivity contribution in [3.05, 3.63) is 58.0 Å². The van der Waals surface area contributed by atoms with Crippen molar-refractivity contribution < 1.29 is 9.15 Å². The molecule has 0 spiro atoms. The van der Waals surface area contributed by atoms with E-state index in [1.807, 2.05) is 31.3 Å². The molecule has 0 aliphatic carbocycles. The minimum absolute atomic E-state index is 0.167. The van der Waals surface area contributed by atoms with Crippen molar-refractivity contribution in [2.75, 3.05) is 14.2 Å². The van der Waals surface area contributed by atoms with Crippen molar-refractivity contribution in [2.45, 2.75) is 19.1 Å². The third-order valence-electron chi connectivity index (χ3n) is 2.99. The Balaban J connectivity index is 2.10. The molecule has 4 heteroatoms. The van der Waals surface area contributed by atoms with E-state index in [1.165, 1.54) is 5.56 Å². The maximum atomic E-state index is 5.78. The lowest BCUT2D eigenvalue weighted by Gasteiger charge is -2.14.